The molecular weight excluding hydrogens is 218 g/mol. The quantitative estimate of drug-likeness (QED) is 0.784. The van der Waals surface area contributed by atoms with Gasteiger partial charge in [-0.1, -0.05) is 0 Å². The molecule has 0 aromatic carbocycles. The molecule has 4 N–H and O–H groups in total. The number of primary amides is 1. The number of carbonyl (C=O) groups is 1. The summed E-state index contributed by atoms with van der Waals surface area (Å²) in [6.07, 6.45) is 3.46. The van der Waals surface area contributed by atoms with Crippen LogP contribution in [0, 0.1) is 6.92 Å². The molecule has 2 rings (SSSR count). The first-order valence-electron chi connectivity index (χ1n) is 5.05. The highest BCUT2D eigenvalue weighted by Crippen LogP contribution is 2.24. The molecule has 0 aliphatic heterocycles. The van der Waals surface area contributed by atoms with Gasteiger partial charge >= 0.3 is 0 Å². The molecule has 0 aliphatic rings. The highest BCUT2D eigenvalue weighted by molar-refractivity contribution is 5.98. The van der Waals surface area contributed by atoms with Gasteiger partial charge < -0.3 is 11.5 Å². The van der Waals surface area contributed by atoms with Crippen molar-refractivity contribution in [2.24, 2.45) is 12.8 Å². The fourth-order valence-corrected chi connectivity index (χ4v) is 1.70. The van der Waals surface area contributed by atoms with Crippen LogP contribution in [0.4, 0.5) is 5.82 Å². The van der Waals surface area contributed by atoms with Crippen molar-refractivity contribution in [2.45, 2.75) is 6.92 Å². The highest BCUT2D eigenvalue weighted by atomic mass is 16.1. The number of aryl methyl sites for hydroxylation is 2. The summed E-state index contributed by atoms with van der Waals surface area (Å²) in [7, 11) is 1.83. The Labute approximate surface area is 98.3 Å². The number of anilines is 1. The molecule has 0 saturated carbocycles. The Hall–Kier alpha value is -2.37. The van der Waals surface area contributed by atoms with Crippen LogP contribution in [0.3, 0.4) is 0 Å². The predicted octanol–water partition coefficient (Wildman–Crippen LogP) is 0.472. The smallest absolute Gasteiger partial charge is 0.252 e. The third-order valence-corrected chi connectivity index (χ3v) is 2.51. The van der Waals surface area contributed by atoms with Crippen LogP contribution in [0.5, 0.6) is 0 Å². The highest BCUT2D eigenvalue weighted by Gasteiger charge is 2.12. The van der Waals surface area contributed by atoms with Crippen molar-refractivity contribution in [1.82, 2.24) is 14.8 Å². The largest absolute Gasteiger partial charge is 0.383 e. The van der Waals surface area contributed by atoms with E-state index in [9.17, 15) is 4.79 Å². The van der Waals surface area contributed by atoms with Crippen molar-refractivity contribution in [1.29, 1.82) is 0 Å². The van der Waals surface area contributed by atoms with Gasteiger partial charge in [-0.25, -0.2) is 4.98 Å². The van der Waals surface area contributed by atoms with Gasteiger partial charge in [0.05, 0.1) is 11.3 Å². The van der Waals surface area contributed by atoms with E-state index in [0.29, 0.717) is 0 Å². The van der Waals surface area contributed by atoms with E-state index in [1.807, 2.05) is 20.2 Å². The summed E-state index contributed by atoms with van der Waals surface area (Å²) >= 11 is 0. The molecule has 2 aromatic heterocycles. The van der Waals surface area contributed by atoms with Crippen molar-refractivity contribution in [3.8, 4) is 11.1 Å². The number of rotatable bonds is 2. The molecule has 2 heterocycles. The van der Waals surface area contributed by atoms with E-state index in [4.69, 9.17) is 11.5 Å². The van der Waals surface area contributed by atoms with Crippen molar-refractivity contribution in [2.75, 3.05) is 5.73 Å². The van der Waals surface area contributed by atoms with Crippen molar-refractivity contribution in [3.05, 3.63) is 29.7 Å². The first kappa shape index (κ1) is 11.1. The van der Waals surface area contributed by atoms with Gasteiger partial charge in [-0.15, -0.1) is 0 Å². The lowest BCUT2D eigenvalue weighted by Gasteiger charge is -2.04. The molecule has 0 unspecified atom stereocenters. The summed E-state index contributed by atoms with van der Waals surface area (Å²) in [6, 6.07) is 1.63. The van der Waals surface area contributed by atoms with Crippen LogP contribution in [-0.2, 0) is 7.05 Å². The third kappa shape index (κ3) is 1.96. The Morgan fingerprint density at radius 3 is 2.71 bits per heavy atom. The van der Waals surface area contributed by atoms with Gasteiger partial charge in [-0.2, -0.15) is 5.10 Å². The standard InChI is InChI=1S/C11H13N5O/c1-6-9(5-16(2)15-6)7-3-8(11(13)17)10(12)14-4-7/h3-5H,1-2H3,(H2,12,14)(H2,13,17). The lowest BCUT2D eigenvalue weighted by molar-refractivity contribution is 0.100. The number of hydrogen-bond acceptors (Lipinski definition) is 4. The van der Waals surface area contributed by atoms with Gasteiger partial charge in [0.2, 0.25) is 0 Å². The van der Waals surface area contributed by atoms with E-state index in [0.717, 1.165) is 16.8 Å². The molecule has 6 nitrogen and oxygen atoms in total. The number of pyridine rings is 1. The average molecular weight is 231 g/mol. The van der Waals surface area contributed by atoms with Crippen molar-refractivity contribution < 1.29 is 4.79 Å². The fourth-order valence-electron chi connectivity index (χ4n) is 1.70. The molecule has 2 aromatic rings. The second kappa shape index (κ2) is 3.89. The summed E-state index contributed by atoms with van der Waals surface area (Å²) in [5, 5.41) is 4.23. The van der Waals surface area contributed by atoms with Gasteiger partial charge in [-0.05, 0) is 13.0 Å². The van der Waals surface area contributed by atoms with Crippen LogP contribution in [0.1, 0.15) is 16.1 Å². The molecule has 0 spiro atoms. The molecule has 17 heavy (non-hydrogen) atoms. The average Bonchev–Trinajstić information content (AvgIpc) is 2.58. The summed E-state index contributed by atoms with van der Waals surface area (Å²) in [4.78, 5) is 15.1. The molecule has 0 bridgehead atoms. The lowest BCUT2D eigenvalue weighted by Crippen LogP contribution is -2.14. The molecule has 0 aliphatic carbocycles. The van der Waals surface area contributed by atoms with Crippen molar-refractivity contribution in [3.63, 3.8) is 0 Å². The Morgan fingerprint density at radius 2 is 2.18 bits per heavy atom. The van der Waals surface area contributed by atoms with Gasteiger partial charge in [0.1, 0.15) is 5.82 Å². The molecule has 0 radical (unpaired) electrons. The summed E-state index contributed by atoms with van der Waals surface area (Å²) < 4.78 is 1.70. The maximum Gasteiger partial charge on any atom is 0.252 e. The molecule has 0 saturated heterocycles. The van der Waals surface area contributed by atoms with Crippen LogP contribution in [0.15, 0.2) is 18.5 Å². The van der Waals surface area contributed by atoms with Crippen molar-refractivity contribution >= 4 is 11.7 Å². The molecule has 88 valence electrons. The van der Waals surface area contributed by atoms with E-state index in [1.165, 1.54) is 0 Å². The molecule has 0 fully saturated rings. The molecule has 6 heteroatoms. The van der Waals surface area contributed by atoms with Crippen LogP contribution in [0.2, 0.25) is 0 Å². The summed E-state index contributed by atoms with van der Waals surface area (Å²) in [6.45, 7) is 1.88. The van der Waals surface area contributed by atoms with Crippen LogP contribution in [0.25, 0.3) is 11.1 Å². The molecular formula is C11H13N5O. The second-order valence-corrected chi connectivity index (χ2v) is 3.82. The molecule has 0 atom stereocenters. The third-order valence-electron chi connectivity index (χ3n) is 2.51. The predicted molar refractivity (Wildman–Crippen MR) is 64.1 cm³/mol. The van der Waals surface area contributed by atoms with E-state index in [-0.39, 0.29) is 11.4 Å². The Kier molecular flexibility index (Phi) is 2.55. The van der Waals surface area contributed by atoms with Gasteiger partial charge in [0.25, 0.3) is 5.91 Å². The van der Waals surface area contributed by atoms with E-state index in [1.54, 1.807) is 16.9 Å². The van der Waals surface area contributed by atoms with Crippen LogP contribution in [-0.4, -0.2) is 20.7 Å². The Bertz CT molecular complexity index is 588. The first-order chi connectivity index (χ1) is 7.99. The Morgan fingerprint density at radius 1 is 1.47 bits per heavy atom. The number of amides is 1. The lowest BCUT2D eigenvalue weighted by atomic mass is 10.1. The fraction of sp³-hybridized carbons (Fsp3) is 0.182. The van der Waals surface area contributed by atoms with E-state index in [2.05, 4.69) is 10.1 Å². The zero-order valence-corrected chi connectivity index (χ0v) is 9.64. The summed E-state index contributed by atoms with van der Waals surface area (Å²) in [5.41, 5.74) is 13.6. The maximum atomic E-state index is 11.2. The normalized spacial score (nSPS) is 10.5. The van der Waals surface area contributed by atoms with Crippen LogP contribution < -0.4 is 11.5 Å². The van der Waals surface area contributed by atoms with E-state index < -0.39 is 5.91 Å². The number of aromatic nitrogens is 3. The first-order valence-corrected chi connectivity index (χ1v) is 5.05. The Balaban J connectivity index is 2.57. The van der Waals surface area contributed by atoms with E-state index >= 15 is 0 Å². The second-order valence-electron chi connectivity index (χ2n) is 3.82. The molecule has 1 amide bonds. The van der Waals surface area contributed by atoms with Gasteiger partial charge in [-0.3, -0.25) is 9.48 Å². The minimum absolute atomic E-state index is 0.141. The summed E-state index contributed by atoms with van der Waals surface area (Å²) in [5.74, 6) is -0.443. The van der Waals surface area contributed by atoms with Gasteiger partial charge in [0, 0.05) is 30.6 Å². The topological polar surface area (TPSA) is 99.8 Å². The number of nitrogen functional groups attached to an aromatic ring is 1. The zero-order chi connectivity index (χ0) is 12.6. The number of hydrogen-bond donors (Lipinski definition) is 2. The monoisotopic (exact) mass is 231 g/mol. The van der Waals surface area contributed by atoms with Crippen LogP contribution >= 0.6 is 0 Å². The minimum Gasteiger partial charge on any atom is -0.383 e. The minimum atomic E-state index is -0.585. The number of nitrogens with two attached hydrogens (primary N) is 2. The number of carbonyl (C=O) groups excluding carboxylic acids is 1. The maximum absolute atomic E-state index is 11.2. The van der Waals surface area contributed by atoms with Gasteiger partial charge in [0.15, 0.2) is 0 Å². The number of nitrogens with zero attached hydrogens (tertiary/aromatic N) is 3. The zero-order valence-electron chi connectivity index (χ0n) is 9.64. The SMILES string of the molecule is Cc1nn(C)cc1-c1cnc(N)c(C(N)=O)c1.